The second kappa shape index (κ2) is 9.26. The highest BCUT2D eigenvalue weighted by atomic mass is 35.5. The van der Waals surface area contributed by atoms with E-state index in [9.17, 15) is 4.79 Å². The minimum absolute atomic E-state index is 0.0571. The molecule has 0 aliphatic rings. The first-order valence-corrected chi connectivity index (χ1v) is 9.51. The molecule has 3 aromatic rings. The third kappa shape index (κ3) is 5.25. The first kappa shape index (κ1) is 19.7. The highest BCUT2D eigenvalue weighted by molar-refractivity contribution is 7.99. The Morgan fingerprint density at radius 1 is 1.29 bits per heavy atom. The summed E-state index contributed by atoms with van der Waals surface area (Å²) in [4.78, 5) is 12.1. The van der Waals surface area contributed by atoms with Crippen LogP contribution in [0.25, 0.3) is 0 Å². The number of thioether (sulfide) groups is 1. The van der Waals surface area contributed by atoms with Crippen LogP contribution in [0.5, 0.6) is 5.75 Å². The number of rotatable bonds is 7. The predicted octanol–water partition coefficient (Wildman–Crippen LogP) is 3.92. The Kier molecular flexibility index (Phi) is 6.53. The summed E-state index contributed by atoms with van der Waals surface area (Å²) >= 11 is 7.02. The number of hydrogen-bond donors (Lipinski definition) is 1. The average molecular weight is 415 g/mol. The molecule has 1 heterocycles. The molecule has 7 nitrogen and oxygen atoms in total. The maximum Gasteiger partial charge on any atom is 0.277 e. The van der Waals surface area contributed by atoms with Crippen LogP contribution in [0.4, 0.5) is 5.69 Å². The van der Waals surface area contributed by atoms with Gasteiger partial charge in [-0.2, -0.15) is 5.26 Å². The van der Waals surface area contributed by atoms with Gasteiger partial charge in [0, 0.05) is 5.02 Å². The highest BCUT2D eigenvalue weighted by Crippen LogP contribution is 2.22. The van der Waals surface area contributed by atoms with E-state index in [4.69, 9.17) is 26.0 Å². The quantitative estimate of drug-likeness (QED) is 0.584. The second-order valence-electron chi connectivity index (χ2n) is 5.63. The highest BCUT2D eigenvalue weighted by Gasteiger charge is 2.12. The molecule has 9 heteroatoms. The summed E-state index contributed by atoms with van der Waals surface area (Å²) in [6.45, 7) is 0. The molecule has 0 atom stereocenters. The minimum Gasteiger partial charge on any atom is -0.497 e. The van der Waals surface area contributed by atoms with Gasteiger partial charge in [-0.25, -0.2) is 0 Å². The molecule has 1 aromatic heterocycles. The normalized spacial score (nSPS) is 10.3. The summed E-state index contributed by atoms with van der Waals surface area (Å²) in [5, 5.41) is 20.4. The molecule has 0 saturated carbocycles. The van der Waals surface area contributed by atoms with Crippen molar-refractivity contribution < 1.29 is 13.9 Å². The van der Waals surface area contributed by atoms with E-state index in [0.717, 1.165) is 23.1 Å². The zero-order valence-corrected chi connectivity index (χ0v) is 16.4. The lowest BCUT2D eigenvalue weighted by Gasteiger charge is -2.06. The molecule has 0 aliphatic heterocycles. The summed E-state index contributed by atoms with van der Waals surface area (Å²) in [5.41, 5.74) is 1.71. The number of ether oxygens (including phenoxy) is 1. The zero-order chi connectivity index (χ0) is 19.9. The first-order chi connectivity index (χ1) is 13.6. The molecule has 0 bridgehead atoms. The van der Waals surface area contributed by atoms with Gasteiger partial charge < -0.3 is 14.5 Å². The van der Waals surface area contributed by atoms with E-state index in [-0.39, 0.29) is 11.7 Å². The summed E-state index contributed by atoms with van der Waals surface area (Å²) < 4.78 is 10.7. The van der Waals surface area contributed by atoms with Gasteiger partial charge in [0.2, 0.25) is 11.8 Å². The summed E-state index contributed by atoms with van der Waals surface area (Å²) in [7, 11) is 1.61. The Labute approximate surface area is 170 Å². The van der Waals surface area contributed by atoms with Crippen molar-refractivity contribution in [1.29, 1.82) is 5.26 Å². The maximum absolute atomic E-state index is 12.1. The number of aromatic nitrogens is 2. The number of nitrogens with one attached hydrogen (secondary N) is 1. The first-order valence-electron chi connectivity index (χ1n) is 8.15. The molecule has 1 N–H and O–H groups in total. The van der Waals surface area contributed by atoms with Crippen LogP contribution < -0.4 is 10.1 Å². The van der Waals surface area contributed by atoms with E-state index >= 15 is 0 Å². The molecule has 3 rings (SSSR count). The fraction of sp³-hybridized carbons (Fsp3) is 0.158. The van der Waals surface area contributed by atoms with E-state index in [2.05, 4.69) is 15.5 Å². The van der Waals surface area contributed by atoms with Gasteiger partial charge in [0.1, 0.15) is 11.8 Å². The van der Waals surface area contributed by atoms with Crippen LogP contribution in [0.1, 0.15) is 17.0 Å². The molecule has 0 spiro atoms. The topological polar surface area (TPSA) is 101 Å². The number of carbonyl (C=O) groups is 1. The van der Waals surface area contributed by atoms with E-state index < -0.39 is 0 Å². The molecule has 0 aliphatic carbocycles. The number of methoxy groups -OCH3 is 1. The van der Waals surface area contributed by atoms with E-state index in [1.54, 1.807) is 19.2 Å². The van der Waals surface area contributed by atoms with Crippen molar-refractivity contribution in [3.63, 3.8) is 0 Å². The van der Waals surface area contributed by atoms with Crippen molar-refractivity contribution in [2.75, 3.05) is 18.2 Å². The van der Waals surface area contributed by atoms with Crippen molar-refractivity contribution in [3.05, 3.63) is 64.5 Å². The third-order valence-electron chi connectivity index (χ3n) is 3.67. The Balaban J connectivity index is 1.54. The van der Waals surface area contributed by atoms with Crippen LogP contribution in [0.15, 0.2) is 52.1 Å². The van der Waals surface area contributed by atoms with Crippen LogP contribution >= 0.6 is 23.4 Å². The Bertz CT molecular complexity index is 1010. The van der Waals surface area contributed by atoms with Crippen molar-refractivity contribution in [2.45, 2.75) is 11.6 Å². The number of halogens is 1. The third-order valence-corrected chi connectivity index (χ3v) is 4.72. The lowest BCUT2D eigenvalue weighted by atomic mass is 10.1. The minimum atomic E-state index is -0.307. The van der Waals surface area contributed by atoms with Crippen molar-refractivity contribution in [2.24, 2.45) is 0 Å². The van der Waals surface area contributed by atoms with Gasteiger partial charge in [-0.3, -0.25) is 4.79 Å². The van der Waals surface area contributed by atoms with Crippen molar-refractivity contribution in [3.8, 4) is 11.8 Å². The van der Waals surface area contributed by atoms with Crippen molar-refractivity contribution >= 4 is 35.0 Å². The predicted molar refractivity (Wildman–Crippen MR) is 106 cm³/mol. The van der Waals surface area contributed by atoms with Crippen LogP contribution in [0.2, 0.25) is 5.02 Å². The number of anilines is 1. The second-order valence-corrected chi connectivity index (χ2v) is 6.99. The standard InChI is InChI=1S/C19H15ClN4O3S/c1-26-15-6-2-12(3-7-15)8-18-23-24-19(27-18)28-11-17(25)22-16-9-14(20)5-4-13(16)10-21/h2-7,9H,8,11H2,1H3,(H,22,25). The molecule has 2 aromatic carbocycles. The SMILES string of the molecule is COc1ccc(Cc2nnc(SCC(=O)Nc3cc(Cl)ccc3C#N)o2)cc1. The lowest BCUT2D eigenvalue weighted by molar-refractivity contribution is -0.113. The largest absolute Gasteiger partial charge is 0.497 e. The molecular formula is C19H15ClN4O3S. The number of nitrogens with zero attached hydrogens (tertiary/aromatic N) is 3. The van der Waals surface area contributed by atoms with Gasteiger partial charge >= 0.3 is 0 Å². The van der Waals surface area contributed by atoms with Crippen molar-refractivity contribution in [1.82, 2.24) is 10.2 Å². The van der Waals surface area contributed by atoms with Crippen LogP contribution in [0, 0.1) is 11.3 Å². The van der Waals surface area contributed by atoms with Crippen LogP contribution in [-0.4, -0.2) is 29.0 Å². The summed E-state index contributed by atoms with van der Waals surface area (Å²) in [6.07, 6.45) is 0.484. The van der Waals surface area contributed by atoms with Gasteiger partial charge in [-0.1, -0.05) is 35.5 Å². The van der Waals surface area contributed by atoms with Gasteiger partial charge in [-0.15, -0.1) is 10.2 Å². The molecule has 1 amide bonds. The number of carbonyl (C=O) groups excluding carboxylic acids is 1. The number of nitriles is 1. The lowest BCUT2D eigenvalue weighted by Crippen LogP contribution is -2.15. The molecule has 0 fully saturated rings. The van der Waals surface area contributed by atoms with Gasteiger partial charge in [0.05, 0.1) is 30.5 Å². The van der Waals surface area contributed by atoms with E-state index in [1.807, 2.05) is 30.3 Å². The van der Waals surface area contributed by atoms with Crippen LogP contribution in [0.3, 0.4) is 0 Å². The number of amides is 1. The average Bonchev–Trinajstić information content (AvgIpc) is 3.14. The van der Waals surface area contributed by atoms with Gasteiger partial charge in [-0.05, 0) is 35.9 Å². The molecule has 142 valence electrons. The smallest absolute Gasteiger partial charge is 0.277 e. The maximum atomic E-state index is 12.1. The molecule has 0 saturated heterocycles. The molecule has 28 heavy (non-hydrogen) atoms. The van der Waals surface area contributed by atoms with Crippen LogP contribution in [-0.2, 0) is 11.2 Å². The Morgan fingerprint density at radius 2 is 2.07 bits per heavy atom. The number of benzene rings is 2. The van der Waals surface area contributed by atoms with Gasteiger partial charge in [0.25, 0.3) is 5.22 Å². The fourth-order valence-corrected chi connectivity index (χ4v) is 3.07. The molecular weight excluding hydrogens is 400 g/mol. The molecule has 0 radical (unpaired) electrons. The van der Waals surface area contributed by atoms with Gasteiger partial charge in [0.15, 0.2) is 0 Å². The zero-order valence-electron chi connectivity index (χ0n) is 14.8. The molecule has 0 unspecified atom stereocenters. The Morgan fingerprint density at radius 3 is 2.79 bits per heavy atom. The van der Waals surface area contributed by atoms with E-state index in [0.29, 0.717) is 33.8 Å². The Hall–Kier alpha value is -3.02. The monoisotopic (exact) mass is 414 g/mol. The summed E-state index contributed by atoms with van der Waals surface area (Å²) in [5.74, 6) is 0.978. The number of hydrogen-bond acceptors (Lipinski definition) is 7. The summed E-state index contributed by atoms with van der Waals surface area (Å²) in [6, 6.07) is 14.2. The van der Waals surface area contributed by atoms with E-state index in [1.165, 1.54) is 6.07 Å². The fourth-order valence-electron chi connectivity index (χ4n) is 2.32.